The number of carbonyl (C=O) groups is 1. The van der Waals surface area contributed by atoms with E-state index >= 15 is 0 Å². The fraction of sp³-hybridized carbons (Fsp3) is 0.350. The molecule has 0 aliphatic rings. The molecule has 0 atom stereocenters. The molecule has 6 nitrogen and oxygen atoms in total. The van der Waals surface area contributed by atoms with Gasteiger partial charge in [-0.15, -0.1) is 0 Å². The summed E-state index contributed by atoms with van der Waals surface area (Å²) in [6.45, 7) is 6.87. The first kappa shape index (κ1) is 19.4. The number of rotatable bonds is 7. The van der Waals surface area contributed by atoms with Gasteiger partial charge in [0.2, 0.25) is 0 Å². The molecular weight excluding hydrogens is 332 g/mol. The first-order chi connectivity index (χ1) is 12.5. The minimum atomic E-state index is -0.324. The van der Waals surface area contributed by atoms with Gasteiger partial charge >= 0.3 is 6.03 Å². The molecule has 0 bridgehead atoms. The lowest BCUT2D eigenvalue weighted by Gasteiger charge is -2.15. The van der Waals surface area contributed by atoms with E-state index in [1.165, 1.54) is 12.7 Å². The number of nitrogens with one attached hydrogen (secondary N) is 2. The molecule has 2 rings (SSSR count). The van der Waals surface area contributed by atoms with Crippen LogP contribution in [0.3, 0.4) is 0 Å². The van der Waals surface area contributed by atoms with E-state index in [-0.39, 0.29) is 6.03 Å². The lowest BCUT2D eigenvalue weighted by molar-refractivity contribution is 0.247. The van der Waals surface area contributed by atoms with Crippen molar-refractivity contribution in [3.05, 3.63) is 47.0 Å². The van der Waals surface area contributed by atoms with E-state index in [1.54, 1.807) is 25.3 Å². The van der Waals surface area contributed by atoms with E-state index in [2.05, 4.69) is 23.6 Å². The number of hydrogen-bond donors (Lipinski definition) is 2. The minimum absolute atomic E-state index is 0.324. The molecular formula is C20H26N2O4. The van der Waals surface area contributed by atoms with Crippen LogP contribution < -0.4 is 24.8 Å². The molecule has 0 fully saturated rings. The number of ether oxygens (including phenoxy) is 3. The van der Waals surface area contributed by atoms with Gasteiger partial charge < -0.3 is 24.8 Å². The average molecular weight is 358 g/mol. The Hall–Kier alpha value is -2.89. The van der Waals surface area contributed by atoms with Crippen molar-refractivity contribution >= 4 is 11.7 Å². The maximum absolute atomic E-state index is 12.1. The van der Waals surface area contributed by atoms with Crippen molar-refractivity contribution in [1.29, 1.82) is 0 Å². The number of aryl methyl sites for hydroxylation is 2. The third-order valence-electron chi connectivity index (χ3n) is 4.16. The van der Waals surface area contributed by atoms with Crippen LogP contribution in [0.2, 0.25) is 0 Å². The smallest absolute Gasteiger partial charge is 0.319 e. The van der Waals surface area contributed by atoms with Crippen LogP contribution in [0.5, 0.6) is 17.2 Å². The maximum atomic E-state index is 12.1. The minimum Gasteiger partial charge on any atom is -0.497 e. The number of hydrogen-bond acceptors (Lipinski definition) is 4. The summed E-state index contributed by atoms with van der Waals surface area (Å²) in [5, 5.41) is 5.53. The number of urea groups is 1. The highest BCUT2D eigenvalue weighted by Crippen LogP contribution is 2.29. The molecule has 0 heterocycles. The van der Waals surface area contributed by atoms with Gasteiger partial charge in [0, 0.05) is 6.07 Å². The standard InChI is InChI=1S/C20H26N2O4/c1-13-6-7-14(2)19(15(13)3)26-11-10-21-20(23)22-17-9-8-16(24-4)12-18(17)25-5/h6-9,12H,10-11H2,1-5H3,(H2,21,22,23). The van der Waals surface area contributed by atoms with Crippen LogP contribution in [-0.4, -0.2) is 33.4 Å². The van der Waals surface area contributed by atoms with Gasteiger partial charge in [0.15, 0.2) is 0 Å². The van der Waals surface area contributed by atoms with E-state index < -0.39 is 0 Å². The van der Waals surface area contributed by atoms with Gasteiger partial charge in [0.1, 0.15) is 23.9 Å². The Bertz CT molecular complexity index is 775. The summed E-state index contributed by atoms with van der Waals surface area (Å²) in [5.74, 6) is 2.07. The largest absolute Gasteiger partial charge is 0.497 e. The second kappa shape index (κ2) is 8.99. The number of amides is 2. The number of benzene rings is 2. The Balaban J connectivity index is 1.86. The summed E-state index contributed by atoms with van der Waals surface area (Å²) in [4.78, 5) is 12.1. The van der Waals surface area contributed by atoms with Crippen LogP contribution >= 0.6 is 0 Å². The predicted octanol–water partition coefficient (Wildman–Crippen LogP) is 3.83. The number of anilines is 1. The van der Waals surface area contributed by atoms with Gasteiger partial charge in [-0.05, 0) is 49.6 Å². The molecule has 140 valence electrons. The molecule has 26 heavy (non-hydrogen) atoms. The molecule has 0 unspecified atom stereocenters. The van der Waals surface area contributed by atoms with Crippen LogP contribution in [-0.2, 0) is 0 Å². The second-order valence-corrected chi connectivity index (χ2v) is 5.95. The summed E-state index contributed by atoms with van der Waals surface area (Å²) >= 11 is 0. The molecule has 0 aliphatic carbocycles. The number of carbonyl (C=O) groups excluding carboxylic acids is 1. The molecule has 2 amide bonds. The summed E-state index contributed by atoms with van der Waals surface area (Å²) in [6.07, 6.45) is 0. The zero-order valence-electron chi connectivity index (χ0n) is 15.9. The van der Waals surface area contributed by atoms with Gasteiger partial charge in [0.25, 0.3) is 0 Å². The highest BCUT2D eigenvalue weighted by molar-refractivity contribution is 5.91. The second-order valence-electron chi connectivity index (χ2n) is 5.95. The zero-order valence-corrected chi connectivity index (χ0v) is 15.9. The Morgan fingerprint density at radius 3 is 2.42 bits per heavy atom. The quantitative estimate of drug-likeness (QED) is 0.738. The van der Waals surface area contributed by atoms with Crippen molar-refractivity contribution in [3.8, 4) is 17.2 Å². The van der Waals surface area contributed by atoms with E-state index in [0.717, 1.165) is 16.9 Å². The van der Waals surface area contributed by atoms with E-state index in [9.17, 15) is 4.79 Å². The molecule has 0 radical (unpaired) electrons. The Morgan fingerprint density at radius 2 is 1.73 bits per heavy atom. The normalized spacial score (nSPS) is 10.2. The summed E-state index contributed by atoms with van der Waals surface area (Å²) in [7, 11) is 3.12. The van der Waals surface area contributed by atoms with Gasteiger partial charge in [0.05, 0.1) is 26.5 Å². The monoisotopic (exact) mass is 358 g/mol. The van der Waals surface area contributed by atoms with Gasteiger partial charge in [-0.25, -0.2) is 4.79 Å². The van der Waals surface area contributed by atoms with E-state index in [1.807, 2.05) is 19.9 Å². The van der Waals surface area contributed by atoms with Crippen molar-refractivity contribution in [2.24, 2.45) is 0 Å². The first-order valence-electron chi connectivity index (χ1n) is 8.42. The molecule has 0 aliphatic heterocycles. The molecule has 2 aromatic carbocycles. The Labute approximate surface area is 154 Å². The highest BCUT2D eigenvalue weighted by Gasteiger charge is 2.09. The molecule has 0 saturated heterocycles. The SMILES string of the molecule is COc1ccc(NC(=O)NCCOc2c(C)ccc(C)c2C)c(OC)c1. The maximum Gasteiger partial charge on any atom is 0.319 e. The highest BCUT2D eigenvalue weighted by atomic mass is 16.5. The van der Waals surface area contributed by atoms with E-state index in [0.29, 0.717) is 30.3 Å². The van der Waals surface area contributed by atoms with Crippen LogP contribution in [0.15, 0.2) is 30.3 Å². The third kappa shape index (κ3) is 4.81. The lowest BCUT2D eigenvalue weighted by atomic mass is 10.1. The fourth-order valence-electron chi connectivity index (χ4n) is 2.53. The van der Waals surface area contributed by atoms with Crippen LogP contribution in [0.25, 0.3) is 0 Å². The summed E-state index contributed by atoms with van der Waals surface area (Å²) < 4.78 is 16.2. The molecule has 2 aromatic rings. The van der Waals surface area contributed by atoms with Crippen molar-refractivity contribution in [2.75, 3.05) is 32.7 Å². The van der Waals surface area contributed by atoms with Crippen LogP contribution in [0.1, 0.15) is 16.7 Å². The van der Waals surface area contributed by atoms with Crippen molar-refractivity contribution < 1.29 is 19.0 Å². The first-order valence-corrected chi connectivity index (χ1v) is 8.42. The zero-order chi connectivity index (χ0) is 19.1. The van der Waals surface area contributed by atoms with Crippen LogP contribution in [0, 0.1) is 20.8 Å². The van der Waals surface area contributed by atoms with Gasteiger partial charge in [-0.1, -0.05) is 12.1 Å². The van der Waals surface area contributed by atoms with E-state index in [4.69, 9.17) is 14.2 Å². The fourth-order valence-corrected chi connectivity index (χ4v) is 2.53. The molecule has 0 spiro atoms. The van der Waals surface area contributed by atoms with Crippen molar-refractivity contribution in [3.63, 3.8) is 0 Å². The molecule has 6 heteroatoms. The van der Waals surface area contributed by atoms with Crippen molar-refractivity contribution in [1.82, 2.24) is 5.32 Å². The Kier molecular flexibility index (Phi) is 6.72. The van der Waals surface area contributed by atoms with Gasteiger partial charge in [-0.3, -0.25) is 0 Å². The Morgan fingerprint density at radius 1 is 1.00 bits per heavy atom. The topological polar surface area (TPSA) is 68.8 Å². The number of methoxy groups -OCH3 is 2. The van der Waals surface area contributed by atoms with Crippen molar-refractivity contribution in [2.45, 2.75) is 20.8 Å². The lowest BCUT2D eigenvalue weighted by Crippen LogP contribution is -2.32. The van der Waals surface area contributed by atoms with Gasteiger partial charge in [-0.2, -0.15) is 0 Å². The predicted molar refractivity (Wildman–Crippen MR) is 103 cm³/mol. The summed E-state index contributed by atoms with van der Waals surface area (Å²) in [5.41, 5.74) is 3.96. The average Bonchev–Trinajstić information content (AvgIpc) is 2.64. The van der Waals surface area contributed by atoms with Crippen LogP contribution in [0.4, 0.5) is 10.5 Å². The molecule has 0 aromatic heterocycles. The third-order valence-corrected chi connectivity index (χ3v) is 4.16. The summed E-state index contributed by atoms with van der Waals surface area (Å²) in [6, 6.07) is 8.98. The molecule has 0 saturated carbocycles. The molecule has 2 N–H and O–H groups in total.